The molecule has 0 bridgehead atoms. The summed E-state index contributed by atoms with van der Waals surface area (Å²) in [6, 6.07) is 5.91. The van der Waals surface area contributed by atoms with Crippen molar-refractivity contribution in [1.29, 1.82) is 0 Å². The molecule has 1 atom stereocenters. The number of benzene rings is 1. The van der Waals surface area contributed by atoms with Crippen LogP contribution in [0.2, 0.25) is 0 Å². The summed E-state index contributed by atoms with van der Waals surface area (Å²) in [4.78, 5) is 0. The van der Waals surface area contributed by atoms with E-state index in [2.05, 4.69) is 12.2 Å². The maximum absolute atomic E-state index is 11.2. The highest BCUT2D eigenvalue weighted by Crippen LogP contribution is 2.37. The molecule has 6 heteroatoms. The summed E-state index contributed by atoms with van der Waals surface area (Å²) < 4.78 is 33.6. The Labute approximate surface area is 125 Å². The van der Waals surface area contributed by atoms with E-state index in [1.54, 1.807) is 7.11 Å². The maximum Gasteiger partial charge on any atom is 0.162 e. The van der Waals surface area contributed by atoms with E-state index in [4.69, 9.17) is 9.47 Å². The van der Waals surface area contributed by atoms with Crippen LogP contribution in [0.1, 0.15) is 25.3 Å². The Balaban J connectivity index is 1.84. The van der Waals surface area contributed by atoms with Crippen LogP contribution in [-0.2, 0) is 15.4 Å². The molecule has 5 nitrogen and oxygen atoms in total. The highest BCUT2D eigenvalue weighted by Gasteiger charge is 2.36. The van der Waals surface area contributed by atoms with Crippen molar-refractivity contribution in [1.82, 2.24) is 5.32 Å². The first kappa shape index (κ1) is 14.7. The van der Waals surface area contributed by atoms with Crippen LogP contribution in [0.5, 0.6) is 11.5 Å². The molecule has 1 unspecified atom stereocenters. The molecule has 1 aromatic carbocycles. The van der Waals surface area contributed by atoms with E-state index in [0.29, 0.717) is 11.5 Å². The third kappa shape index (κ3) is 2.87. The summed E-state index contributed by atoms with van der Waals surface area (Å²) >= 11 is 0. The molecule has 2 saturated heterocycles. The van der Waals surface area contributed by atoms with Gasteiger partial charge in [0.15, 0.2) is 21.3 Å². The van der Waals surface area contributed by atoms with Gasteiger partial charge in [0.2, 0.25) is 0 Å². The Morgan fingerprint density at radius 1 is 1.29 bits per heavy atom. The number of hydrogen-bond donors (Lipinski definition) is 1. The van der Waals surface area contributed by atoms with Gasteiger partial charge in [-0.2, -0.15) is 0 Å². The van der Waals surface area contributed by atoms with Crippen LogP contribution < -0.4 is 14.8 Å². The van der Waals surface area contributed by atoms with Crippen molar-refractivity contribution in [2.24, 2.45) is 0 Å². The second-order valence-electron chi connectivity index (χ2n) is 6.04. The average Bonchev–Trinajstić information content (AvgIpc) is 2.85. The molecule has 1 aromatic rings. The largest absolute Gasteiger partial charge is 0.493 e. The van der Waals surface area contributed by atoms with Gasteiger partial charge in [0, 0.05) is 5.54 Å². The first-order chi connectivity index (χ1) is 9.92. The van der Waals surface area contributed by atoms with Gasteiger partial charge in [-0.05, 0) is 44.0 Å². The Kier molecular flexibility index (Phi) is 3.61. The minimum absolute atomic E-state index is 0.0456. The zero-order chi connectivity index (χ0) is 15.1. The highest BCUT2D eigenvalue weighted by molar-refractivity contribution is 7.92. The lowest BCUT2D eigenvalue weighted by molar-refractivity contribution is 0.218. The lowest BCUT2D eigenvalue weighted by Crippen LogP contribution is -2.45. The van der Waals surface area contributed by atoms with Crippen molar-refractivity contribution < 1.29 is 17.9 Å². The van der Waals surface area contributed by atoms with Crippen molar-refractivity contribution >= 4 is 9.84 Å². The zero-order valence-corrected chi connectivity index (χ0v) is 13.2. The first-order valence-electron chi connectivity index (χ1n) is 7.22. The molecular formula is C15H21NO4S. The van der Waals surface area contributed by atoms with E-state index < -0.39 is 9.84 Å². The molecule has 0 amide bonds. The van der Waals surface area contributed by atoms with Gasteiger partial charge in [0.1, 0.15) is 6.10 Å². The summed E-state index contributed by atoms with van der Waals surface area (Å²) in [7, 11) is -1.29. The summed E-state index contributed by atoms with van der Waals surface area (Å²) in [5.41, 5.74) is 1.11. The van der Waals surface area contributed by atoms with Gasteiger partial charge in [-0.3, -0.25) is 0 Å². The Morgan fingerprint density at radius 2 is 2.05 bits per heavy atom. The van der Waals surface area contributed by atoms with Crippen molar-refractivity contribution in [3.8, 4) is 11.5 Å². The van der Waals surface area contributed by atoms with E-state index in [-0.39, 0.29) is 23.1 Å². The molecule has 0 aromatic heterocycles. The highest BCUT2D eigenvalue weighted by atomic mass is 32.2. The lowest BCUT2D eigenvalue weighted by atomic mass is 9.90. The summed E-state index contributed by atoms with van der Waals surface area (Å²) in [6.45, 7) is 3.19. The van der Waals surface area contributed by atoms with Crippen LogP contribution in [0.4, 0.5) is 0 Å². The minimum atomic E-state index is -2.89. The molecule has 21 heavy (non-hydrogen) atoms. The standard InChI is InChI=1S/C15H21NO4S/c1-15(6-3-7-16-15)11-4-5-13(19-2)14(8-11)20-12-9-21(17,18)10-12/h4-5,8,12,16H,3,6-7,9-10H2,1-2H3. The lowest BCUT2D eigenvalue weighted by Gasteiger charge is -2.29. The normalized spacial score (nSPS) is 28.1. The van der Waals surface area contributed by atoms with Gasteiger partial charge >= 0.3 is 0 Å². The Morgan fingerprint density at radius 3 is 2.62 bits per heavy atom. The van der Waals surface area contributed by atoms with E-state index in [1.807, 2.05) is 18.2 Å². The molecule has 116 valence electrons. The van der Waals surface area contributed by atoms with Gasteiger partial charge in [-0.1, -0.05) is 6.07 Å². The number of hydrogen-bond acceptors (Lipinski definition) is 5. The van der Waals surface area contributed by atoms with Crippen LogP contribution in [0.15, 0.2) is 18.2 Å². The number of rotatable bonds is 4. The van der Waals surface area contributed by atoms with E-state index >= 15 is 0 Å². The fraction of sp³-hybridized carbons (Fsp3) is 0.600. The molecule has 0 aliphatic carbocycles. The first-order valence-corrected chi connectivity index (χ1v) is 9.05. The Bertz CT molecular complexity index is 623. The molecule has 2 heterocycles. The number of ether oxygens (including phenoxy) is 2. The van der Waals surface area contributed by atoms with Crippen LogP contribution >= 0.6 is 0 Å². The molecule has 2 aliphatic rings. The fourth-order valence-electron chi connectivity index (χ4n) is 3.02. The summed E-state index contributed by atoms with van der Waals surface area (Å²) in [5, 5.41) is 3.52. The van der Waals surface area contributed by atoms with E-state index in [9.17, 15) is 8.42 Å². The number of sulfone groups is 1. The second kappa shape index (κ2) is 5.18. The molecule has 2 fully saturated rings. The SMILES string of the molecule is COc1ccc(C2(C)CCCN2)cc1OC1CS(=O)(=O)C1. The monoisotopic (exact) mass is 311 g/mol. The predicted molar refractivity (Wildman–Crippen MR) is 80.7 cm³/mol. The molecule has 0 radical (unpaired) electrons. The molecule has 3 rings (SSSR count). The van der Waals surface area contributed by atoms with Gasteiger partial charge in [-0.25, -0.2) is 8.42 Å². The van der Waals surface area contributed by atoms with Crippen LogP contribution in [0.25, 0.3) is 0 Å². The van der Waals surface area contributed by atoms with Crippen LogP contribution in [0, 0.1) is 0 Å². The molecule has 1 N–H and O–H groups in total. The Hall–Kier alpha value is -1.27. The van der Waals surface area contributed by atoms with Crippen molar-refractivity contribution in [2.75, 3.05) is 25.2 Å². The number of methoxy groups -OCH3 is 1. The third-order valence-corrected chi connectivity index (χ3v) is 6.10. The van der Waals surface area contributed by atoms with Gasteiger partial charge in [-0.15, -0.1) is 0 Å². The van der Waals surface area contributed by atoms with Gasteiger partial charge in [0.25, 0.3) is 0 Å². The molecule has 2 aliphatic heterocycles. The van der Waals surface area contributed by atoms with Crippen molar-refractivity contribution in [3.63, 3.8) is 0 Å². The fourth-order valence-corrected chi connectivity index (χ4v) is 4.19. The van der Waals surface area contributed by atoms with Crippen molar-refractivity contribution in [2.45, 2.75) is 31.4 Å². The molecule has 0 saturated carbocycles. The molecule has 0 spiro atoms. The third-order valence-electron chi connectivity index (χ3n) is 4.34. The zero-order valence-electron chi connectivity index (χ0n) is 12.4. The minimum Gasteiger partial charge on any atom is -0.493 e. The van der Waals surface area contributed by atoms with E-state index in [1.165, 1.54) is 0 Å². The molecular weight excluding hydrogens is 290 g/mol. The number of nitrogens with one attached hydrogen (secondary N) is 1. The summed E-state index contributed by atoms with van der Waals surface area (Å²) in [5.74, 6) is 1.46. The van der Waals surface area contributed by atoms with E-state index in [0.717, 1.165) is 24.9 Å². The summed E-state index contributed by atoms with van der Waals surface area (Å²) in [6.07, 6.45) is 1.97. The van der Waals surface area contributed by atoms with Gasteiger partial charge < -0.3 is 14.8 Å². The maximum atomic E-state index is 11.2. The average molecular weight is 311 g/mol. The van der Waals surface area contributed by atoms with Gasteiger partial charge in [0.05, 0.1) is 18.6 Å². The second-order valence-corrected chi connectivity index (χ2v) is 8.20. The van der Waals surface area contributed by atoms with Crippen molar-refractivity contribution in [3.05, 3.63) is 23.8 Å². The van der Waals surface area contributed by atoms with Crippen LogP contribution in [-0.4, -0.2) is 39.7 Å². The quantitative estimate of drug-likeness (QED) is 0.912. The predicted octanol–water partition coefficient (Wildman–Crippen LogP) is 1.47. The van der Waals surface area contributed by atoms with Crippen LogP contribution in [0.3, 0.4) is 0 Å². The smallest absolute Gasteiger partial charge is 0.162 e. The topological polar surface area (TPSA) is 64.6 Å².